The Hall–Kier alpha value is -1.82. The van der Waals surface area contributed by atoms with Gasteiger partial charge >= 0.3 is 5.97 Å². The quantitative estimate of drug-likeness (QED) is 0.889. The van der Waals surface area contributed by atoms with Crippen molar-refractivity contribution in [2.24, 2.45) is 0 Å². The second kappa shape index (κ2) is 5.88. The summed E-state index contributed by atoms with van der Waals surface area (Å²) in [5, 5.41) is 8.54. The lowest BCUT2D eigenvalue weighted by molar-refractivity contribution is -0.145. The molecule has 6 nitrogen and oxygen atoms in total. The van der Waals surface area contributed by atoms with Gasteiger partial charge in [0.2, 0.25) is 0 Å². The Balaban J connectivity index is 1.85. The molecule has 104 valence electrons. The third-order valence-electron chi connectivity index (χ3n) is 3.23. The van der Waals surface area contributed by atoms with Crippen molar-refractivity contribution < 1.29 is 23.8 Å². The molecule has 1 aromatic rings. The first-order chi connectivity index (χ1) is 9.08. The number of carbonyl (C=O) groups is 2. The third-order valence-corrected chi connectivity index (χ3v) is 3.23. The fourth-order valence-electron chi connectivity index (χ4n) is 2.15. The Morgan fingerprint density at radius 2 is 2.16 bits per heavy atom. The molecule has 6 heteroatoms. The average molecular weight is 267 g/mol. The summed E-state index contributed by atoms with van der Waals surface area (Å²) in [4.78, 5) is 24.3. The van der Waals surface area contributed by atoms with E-state index in [0.717, 1.165) is 5.56 Å². The highest BCUT2D eigenvalue weighted by atomic mass is 16.5. The van der Waals surface area contributed by atoms with Crippen LogP contribution in [0.25, 0.3) is 0 Å². The number of furan rings is 1. The normalized spacial score (nSPS) is 16.6. The lowest BCUT2D eigenvalue weighted by atomic mass is 10.1. The molecule has 0 saturated carbocycles. The van der Waals surface area contributed by atoms with Crippen LogP contribution in [0.5, 0.6) is 0 Å². The number of aliphatic carboxylic acids is 1. The topological polar surface area (TPSA) is 80.0 Å². The summed E-state index contributed by atoms with van der Waals surface area (Å²) in [6.07, 6.45) is 2.72. The molecule has 0 unspecified atom stereocenters. The van der Waals surface area contributed by atoms with Crippen molar-refractivity contribution in [3.8, 4) is 0 Å². The number of amides is 1. The summed E-state index contributed by atoms with van der Waals surface area (Å²) in [6.45, 7) is 2.67. The van der Waals surface area contributed by atoms with Gasteiger partial charge in [0.05, 0.1) is 12.4 Å². The minimum absolute atomic E-state index is 0.0853. The first kappa shape index (κ1) is 13.6. The second-order valence-electron chi connectivity index (χ2n) is 4.63. The molecule has 2 heterocycles. The molecule has 0 bridgehead atoms. The molecule has 1 fully saturated rings. The summed E-state index contributed by atoms with van der Waals surface area (Å²) >= 11 is 0. The van der Waals surface area contributed by atoms with Gasteiger partial charge in [-0.15, -0.1) is 0 Å². The maximum Gasteiger partial charge on any atom is 0.329 e. The van der Waals surface area contributed by atoms with Gasteiger partial charge in [-0.3, -0.25) is 4.79 Å². The molecular weight excluding hydrogens is 250 g/mol. The smallest absolute Gasteiger partial charge is 0.329 e. The summed E-state index contributed by atoms with van der Waals surface area (Å²) in [5.74, 6) is -0.700. The number of ether oxygens (including phenoxy) is 1. The molecule has 1 aliphatic heterocycles. The molecule has 1 saturated heterocycles. The highest BCUT2D eigenvalue weighted by molar-refractivity contribution is 5.92. The van der Waals surface area contributed by atoms with Crippen LogP contribution >= 0.6 is 0 Å². The number of nitrogens with zero attached hydrogens (tertiary/aromatic N) is 1. The number of hydrogen-bond acceptors (Lipinski definition) is 4. The van der Waals surface area contributed by atoms with Crippen LogP contribution in [0, 0.1) is 6.92 Å². The van der Waals surface area contributed by atoms with Crippen molar-refractivity contribution >= 4 is 11.9 Å². The molecule has 0 spiro atoms. The van der Waals surface area contributed by atoms with E-state index < -0.39 is 5.97 Å². The lowest BCUT2D eigenvalue weighted by Crippen LogP contribution is -2.41. The van der Waals surface area contributed by atoms with Crippen LogP contribution in [0.3, 0.4) is 0 Å². The monoisotopic (exact) mass is 267 g/mol. The maximum absolute atomic E-state index is 12.2. The predicted molar refractivity (Wildman–Crippen MR) is 66.0 cm³/mol. The molecular formula is C13H17NO5. The maximum atomic E-state index is 12.2. The number of hydrogen-bond donors (Lipinski definition) is 1. The zero-order chi connectivity index (χ0) is 13.8. The molecule has 0 atom stereocenters. The Morgan fingerprint density at radius 1 is 1.47 bits per heavy atom. The van der Waals surface area contributed by atoms with Crippen molar-refractivity contribution in [3.63, 3.8) is 0 Å². The number of piperidine rings is 1. The summed E-state index contributed by atoms with van der Waals surface area (Å²) in [5.41, 5.74) is 0.828. The molecule has 1 N–H and O–H groups in total. The van der Waals surface area contributed by atoms with E-state index in [1.165, 1.54) is 6.26 Å². The van der Waals surface area contributed by atoms with Crippen molar-refractivity contribution in [2.45, 2.75) is 25.9 Å². The van der Waals surface area contributed by atoms with Crippen LogP contribution in [0.4, 0.5) is 0 Å². The minimum Gasteiger partial charge on any atom is -0.480 e. The second-order valence-corrected chi connectivity index (χ2v) is 4.63. The number of carboxylic acids is 1. The molecule has 2 rings (SSSR count). The van der Waals surface area contributed by atoms with Gasteiger partial charge in [-0.2, -0.15) is 0 Å². The number of aryl methyl sites for hydroxylation is 1. The third kappa shape index (κ3) is 3.35. The Bertz CT molecular complexity index is 459. The van der Waals surface area contributed by atoms with E-state index in [4.69, 9.17) is 14.3 Å². The Labute approximate surface area is 110 Å². The van der Waals surface area contributed by atoms with Crippen LogP contribution in [-0.4, -0.2) is 47.7 Å². The van der Waals surface area contributed by atoms with Crippen molar-refractivity contribution in [1.29, 1.82) is 0 Å². The first-order valence-corrected chi connectivity index (χ1v) is 6.24. The van der Waals surface area contributed by atoms with Crippen molar-refractivity contribution in [1.82, 2.24) is 4.90 Å². The van der Waals surface area contributed by atoms with Crippen LogP contribution in [-0.2, 0) is 9.53 Å². The van der Waals surface area contributed by atoms with Crippen LogP contribution in [0.15, 0.2) is 16.7 Å². The van der Waals surface area contributed by atoms with E-state index in [0.29, 0.717) is 31.7 Å². The number of rotatable bonds is 4. The first-order valence-electron chi connectivity index (χ1n) is 6.24. The van der Waals surface area contributed by atoms with Gasteiger partial charge in [0.15, 0.2) is 5.76 Å². The minimum atomic E-state index is -0.968. The molecule has 19 heavy (non-hydrogen) atoms. The van der Waals surface area contributed by atoms with E-state index in [1.807, 2.05) is 6.92 Å². The molecule has 1 amide bonds. The van der Waals surface area contributed by atoms with Gasteiger partial charge in [-0.1, -0.05) is 0 Å². The SMILES string of the molecule is Cc1ccoc1C(=O)N1CCC(OCC(=O)O)CC1. The summed E-state index contributed by atoms with van der Waals surface area (Å²) in [6, 6.07) is 1.76. The number of likely N-dealkylation sites (tertiary alicyclic amines) is 1. The predicted octanol–water partition coefficient (Wildman–Crippen LogP) is 1.29. The summed E-state index contributed by atoms with van der Waals surface area (Å²) in [7, 11) is 0. The van der Waals surface area contributed by atoms with Crippen molar-refractivity contribution in [2.75, 3.05) is 19.7 Å². The van der Waals surface area contributed by atoms with Gasteiger partial charge in [0.25, 0.3) is 5.91 Å². The van der Waals surface area contributed by atoms with E-state index >= 15 is 0 Å². The lowest BCUT2D eigenvalue weighted by Gasteiger charge is -2.31. The van der Waals surface area contributed by atoms with Gasteiger partial charge < -0.3 is 19.2 Å². The number of carboxylic acid groups (broad SMARTS) is 1. The molecule has 0 aliphatic carbocycles. The summed E-state index contributed by atoms with van der Waals surface area (Å²) < 4.78 is 10.4. The standard InChI is InChI=1S/C13H17NO5/c1-9-4-7-18-12(9)13(17)14-5-2-10(3-6-14)19-8-11(15)16/h4,7,10H,2-3,5-6,8H2,1H3,(H,15,16). The van der Waals surface area contributed by atoms with Gasteiger partial charge in [0.1, 0.15) is 6.61 Å². The zero-order valence-corrected chi connectivity index (χ0v) is 10.8. The van der Waals surface area contributed by atoms with Crippen LogP contribution < -0.4 is 0 Å². The number of carbonyl (C=O) groups excluding carboxylic acids is 1. The Morgan fingerprint density at radius 3 is 2.68 bits per heavy atom. The van der Waals surface area contributed by atoms with Gasteiger partial charge in [-0.25, -0.2) is 4.79 Å². The van der Waals surface area contributed by atoms with E-state index in [9.17, 15) is 9.59 Å². The van der Waals surface area contributed by atoms with Crippen LogP contribution in [0.2, 0.25) is 0 Å². The van der Waals surface area contributed by atoms with Gasteiger partial charge in [0, 0.05) is 18.7 Å². The van der Waals surface area contributed by atoms with Crippen molar-refractivity contribution in [3.05, 3.63) is 23.7 Å². The molecule has 0 radical (unpaired) electrons. The fourth-order valence-corrected chi connectivity index (χ4v) is 2.15. The molecule has 0 aromatic carbocycles. The highest BCUT2D eigenvalue weighted by Gasteiger charge is 2.26. The fraction of sp³-hybridized carbons (Fsp3) is 0.538. The van der Waals surface area contributed by atoms with Gasteiger partial charge in [-0.05, 0) is 25.8 Å². The largest absolute Gasteiger partial charge is 0.480 e. The highest BCUT2D eigenvalue weighted by Crippen LogP contribution is 2.18. The molecule has 1 aromatic heterocycles. The van der Waals surface area contributed by atoms with E-state index in [-0.39, 0.29) is 18.6 Å². The van der Waals surface area contributed by atoms with Crippen LogP contribution in [0.1, 0.15) is 29.0 Å². The zero-order valence-electron chi connectivity index (χ0n) is 10.8. The Kier molecular flexibility index (Phi) is 4.21. The van der Waals surface area contributed by atoms with E-state index in [1.54, 1.807) is 11.0 Å². The average Bonchev–Trinajstić information content (AvgIpc) is 2.82. The molecule has 1 aliphatic rings. The van der Waals surface area contributed by atoms with E-state index in [2.05, 4.69) is 0 Å².